The summed E-state index contributed by atoms with van der Waals surface area (Å²) in [6.45, 7) is 3.72. The first-order valence-corrected chi connectivity index (χ1v) is 4.13. The number of hydrogen-bond acceptors (Lipinski definition) is 2. The highest BCUT2D eigenvalue weighted by Crippen LogP contribution is 2.17. The summed E-state index contributed by atoms with van der Waals surface area (Å²) in [5.41, 5.74) is 2.42. The molecule has 2 N–H and O–H groups in total. The van der Waals surface area contributed by atoms with Gasteiger partial charge in [-0.2, -0.15) is 0 Å². The molecule has 0 bridgehead atoms. The maximum Gasteiger partial charge on any atom is 0.394 e. The third kappa shape index (κ3) is 2.10. The summed E-state index contributed by atoms with van der Waals surface area (Å²) in [7, 11) is 0. The molecule has 4 nitrogen and oxygen atoms in total. The molecule has 0 saturated heterocycles. The fraction of sp³-hybridized carbons (Fsp3) is 0.200. The Balaban J connectivity index is 2.93. The Labute approximate surface area is 81.6 Å². The molecule has 0 saturated carbocycles. The number of carboxylic acids is 1. The summed E-state index contributed by atoms with van der Waals surface area (Å²) in [6, 6.07) is 5.33. The SMILES string of the molecule is Cc1cccc(NC(=O)C(=O)O)c1C. The Morgan fingerprint density at radius 2 is 1.93 bits per heavy atom. The van der Waals surface area contributed by atoms with Crippen LogP contribution in [0.5, 0.6) is 0 Å². The molecule has 0 aromatic heterocycles. The van der Waals surface area contributed by atoms with Crippen LogP contribution in [0.1, 0.15) is 11.1 Å². The van der Waals surface area contributed by atoms with Crippen molar-refractivity contribution in [2.45, 2.75) is 13.8 Å². The summed E-state index contributed by atoms with van der Waals surface area (Å²) in [6.07, 6.45) is 0. The Morgan fingerprint density at radius 3 is 2.50 bits per heavy atom. The molecule has 0 spiro atoms. The quantitative estimate of drug-likeness (QED) is 0.661. The fourth-order valence-corrected chi connectivity index (χ4v) is 1.06. The van der Waals surface area contributed by atoms with Crippen LogP contribution in [0, 0.1) is 13.8 Å². The molecule has 4 heteroatoms. The second kappa shape index (κ2) is 3.91. The minimum absolute atomic E-state index is 0.539. The van der Waals surface area contributed by atoms with Gasteiger partial charge in [-0.1, -0.05) is 12.1 Å². The standard InChI is InChI=1S/C10H11NO3/c1-6-4-3-5-8(7(6)2)11-9(12)10(13)14/h3-5H,1-2H3,(H,11,12)(H,13,14). The van der Waals surface area contributed by atoms with Crippen molar-refractivity contribution in [1.29, 1.82) is 0 Å². The van der Waals surface area contributed by atoms with Crippen molar-refractivity contribution in [3.05, 3.63) is 29.3 Å². The van der Waals surface area contributed by atoms with Crippen LogP contribution in [0.15, 0.2) is 18.2 Å². The molecule has 0 aliphatic heterocycles. The molecule has 1 rings (SSSR count). The summed E-state index contributed by atoms with van der Waals surface area (Å²) < 4.78 is 0. The largest absolute Gasteiger partial charge is 0.474 e. The van der Waals surface area contributed by atoms with Crippen LogP contribution in [-0.2, 0) is 9.59 Å². The van der Waals surface area contributed by atoms with E-state index < -0.39 is 11.9 Å². The second-order valence-corrected chi connectivity index (χ2v) is 3.01. The van der Waals surface area contributed by atoms with Crippen LogP contribution in [0.4, 0.5) is 5.69 Å². The zero-order valence-electron chi connectivity index (χ0n) is 8.00. The van der Waals surface area contributed by atoms with E-state index in [1.807, 2.05) is 19.9 Å². The summed E-state index contributed by atoms with van der Waals surface area (Å²) in [5, 5.41) is 10.7. The zero-order chi connectivity index (χ0) is 10.7. The number of nitrogens with one attached hydrogen (secondary N) is 1. The predicted octanol–water partition coefficient (Wildman–Crippen LogP) is 1.33. The number of rotatable bonds is 1. The number of aryl methyl sites for hydroxylation is 1. The Morgan fingerprint density at radius 1 is 1.29 bits per heavy atom. The topological polar surface area (TPSA) is 66.4 Å². The van der Waals surface area contributed by atoms with Crippen molar-refractivity contribution < 1.29 is 14.7 Å². The van der Waals surface area contributed by atoms with Crippen molar-refractivity contribution in [2.24, 2.45) is 0 Å². The van der Waals surface area contributed by atoms with E-state index in [1.54, 1.807) is 12.1 Å². The van der Waals surface area contributed by atoms with Crippen molar-refractivity contribution in [1.82, 2.24) is 0 Å². The average molecular weight is 193 g/mol. The number of carbonyl (C=O) groups excluding carboxylic acids is 1. The molecule has 1 amide bonds. The van der Waals surface area contributed by atoms with E-state index in [-0.39, 0.29) is 0 Å². The van der Waals surface area contributed by atoms with Crippen molar-refractivity contribution in [2.75, 3.05) is 5.32 Å². The summed E-state index contributed by atoms with van der Waals surface area (Å²) >= 11 is 0. The highest BCUT2D eigenvalue weighted by atomic mass is 16.4. The molecule has 14 heavy (non-hydrogen) atoms. The summed E-state index contributed by atoms with van der Waals surface area (Å²) in [4.78, 5) is 21.2. The molecule has 0 aliphatic carbocycles. The van der Waals surface area contributed by atoms with Gasteiger partial charge < -0.3 is 10.4 Å². The molecule has 0 fully saturated rings. The van der Waals surface area contributed by atoms with Gasteiger partial charge in [-0.05, 0) is 31.0 Å². The lowest BCUT2D eigenvalue weighted by Crippen LogP contribution is -2.22. The van der Waals surface area contributed by atoms with Gasteiger partial charge in [0, 0.05) is 5.69 Å². The van der Waals surface area contributed by atoms with Gasteiger partial charge in [-0.3, -0.25) is 4.79 Å². The molecule has 1 aromatic rings. The van der Waals surface area contributed by atoms with Crippen LogP contribution in [0.25, 0.3) is 0 Å². The van der Waals surface area contributed by atoms with Gasteiger partial charge in [0.15, 0.2) is 0 Å². The van der Waals surface area contributed by atoms with E-state index in [2.05, 4.69) is 5.32 Å². The zero-order valence-corrected chi connectivity index (χ0v) is 8.00. The number of aliphatic carboxylic acids is 1. The van der Waals surface area contributed by atoms with Crippen molar-refractivity contribution in [3.63, 3.8) is 0 Å². The van der Waals surface area contributed by atoms with Crippen LogP contribution < -0.4 is 5.32 Å². The monoisotopic (exact) mass is 193 g/mol. The fourth-order valence-electron chi connectivity index (χ4n) is 1.06. The Kier molecular flexibility index (Phi) is 2.86. The van der Waals surface area contributed by atoms with Crippen LogP contribution >= 0.6 is 0 Å². The Bertz CT molecular complexity index is 385. The van der Waals surface area contributed by atoms with Crippen LogP contribution in [0.3, 0.4) is 0 Å². The maximum atomic E-state index is 10.9. The predicted molar refractivity (Wildman–Crippen MR) is 52.2 cm³/mol. The molecule has 0 aliphatic rings. The van der Waals surface area contributed by atoms with Gasteiger partial charge in [-0.25, -0.2) is 4.79 Å². The molecule has 0 atom stereocenters. The van der Waals surface area contributed by atoms with E-state index in [4.69, 9.17) is 5.11 Å². The second-order valence-electron chi connectivity index (χ2n) is 3.01. The van der Waals surface area contributed by atoms with Crippen LogP contribution in [-0.4, -0.2) is 17.0 Å². The minimum Gasteiger partial charge on any atom is -0.474 e. The van der Waals surface area contributed by atoms with Gasteiger partial charge in [0.2, 0.25) is 0 Å². The molecule has 0 unspecified atom stereocenters. The molecule has 0 radical (unpaired) electrons. The van der Waals surface area contributed by atoms with Crippen LogP contribution in [0.2, 0.25) is 0 Å². The Hall–Kier alpha value is -1.84. The lowest BCUT2D eigenvalue weighted by atomic mass is 10.1. The molecular formula is C10H11NO3. The van der Waals surface area contributed by atoms with Gasteiger partial charge in [0.05, 0.1) is 0 Å². The normalized spacial score (nSPS) is 9.57. The maximum absolute atomic E-state index is 10.9. The molecule has 1 aromatic carbocycles. The first-order valence-electron chi connectivity index (χ1n) is 4.13. The number of hydrogen-bond donors (Lipinski definition) is 2. The van der Waals surface area contributed by atoms with Crippen molar-refractivity contribution >= 4 is 17.6 Å². The number of carbonyl (C=O) groups is 2. The highest BCUT2D eigenvalue weighted by molar-refractivity contribution is 6.36. The van der Waals surface area contributed by atoms with Gasteiger partial charge in [0.1, 0.15) is 0 Å². The smallest absolute Gasteiger partial charge is 0.394 e. The molecule has 0 heterocycles. The molecular weight excluding hydrogens is 182 g/mol. The lowest BCUT2D eigenvalue weighted by molar-refractivity contribution is -0.147. The third-order valence-electron chi connectivity index (χ3n) is 2.05. The third-order valence-corrected chi connectivity index (χ3v) is 2.05. The number of amides is 1. The summed E-state index contributed by atoms with van der Waals surface area (Å²) in [5.74, 6) is -2.50. The number of benzene rings is 1. The lowest BCUT2D eigenvalue weighted by Gasteiger charge is -2.07. The van der Waals surface area contributed by atoms with Gasteiger partial charge in [0.25, 0.3) is 0 Å². The van der Waals surface area contributed by atoms with Crippen molar-refractivity contribution in [3.8, 4) is 0 Å². The average Bonchev–Trinajstić information content (AvgIpc) is 2.12. The highest BCUT2D eigenvalue weighted by Gasteiger charge is 2.12. The van der Waals surface area contributed by atoms with E-state index in [0.717, 1.165) is 11.1 Å². The molecule has 74 valence electrons. The van der Waals surface area contributed by atoms with E-state index in [9.17, 15) is 9.59 Å². The minimum atomic E-state index is -1.48. The van der Waals surface area contributed by atoms with E-state index in [1.165, 1.54) is 0 Å². The van der Waals surface area contributed by atoms with Gasteiger partial charge >= 0.3 is 11.9 Å². The van der Waals surface area contributed by atoms with Gasteiger partial charge in [-0.15, -0.1) is 0 Å². The first kappa shape index (κ1) is 10.2. The van der Waals surface area contributed by atoms with E-state index >= 15 is 0 Å². The first-order chi connectivity index (χ1) is 6.52. The number of carboxylic acid groups (broad SMARTS) is 1. The van der Waals surface area contributed by atoms with E-state index in [0.29, 0.717) is 5.69 Å². The number of anilines is 1.